The van der Waals surface area contributed by atoms with Crippen LogP contribution >= 0.6 is 0 Å². The van der Waals surface area contributed by atoms with E-state index in [0.29, 0.717) is 25.5 Å². The van der Waals surface area contributed by atoms with Gasteiger partial charge in [-0.05, 0) is 36.9 Å². The van der Waals surface area contributed by atoms with Crippen LogP contribution in [0.3, 0.4) is 0 Å². The number of alkyl carbamates (subject to hydrolysis) is 1. The topological polar surface area (TPSA) is 64.6 Å². The van der Waals surface area contributed by atoms with E-state index >= 15 is 0 Å². The zero-order chi connectivity index (χ0) is 18.1. The van der Waals surface area contributed by atoms with Gasteiger partial charge in [-0.2, -0.15) is 0 Å². The standard InChI is InChI=1S/C17H35NO4Si/c1-14(2)13-21-16(20)18-12-10-8-9-11-15(19)22-23(6,7)17(3,4)5/h14H,8-13H2,1-7H3,(H,18,20). The highest BCUT2D eigenvalue weighted by Gasteiger charge is 2.40. The highest BCUT2D eigenvalue weighted by atomic mass is 28.4. The summed E-state index contributed by atoms with van der Waals surface area (Å²) in [5.74, 6) is 0.244. The van der Waals surface area contributed by atoms with Crippen LogP contribution in [0.15, 0.2) is 0 Å². The Morgan fingerprint density at radius 1 is 1.09 bits per heavy atom. The number of rotatable bonds is 9. The number of hydrogen-bond acceptors (Lipinski definition) is 4. The van der Waals surface area contributed by atoms with Gasteiger partial charge < -0.3 is 14.5 Å². The summed E-state index contributed by atoms with van der Waals surface area (Å²) in [5.41, 5.74) is 0. The van der Waals surface area contributed by atoms with Crippen molar-refractivity contribution in [2.24, 2.45) is 5.92 Å². The van der Waals surface area contributed by atoms with Crippen molar-refractivity contribution in [1.82, 2.24) is 5.32 Å². The second-order valence-corrected chi connectivity index (χ2v) is 12.7. The predicted octanol–water partition coefficient (Wildman–Crippen LogP) is 4.48. The average Bonchev–Trinajstić information content (AvgIpc) is 2.38. The van der Waals surface area contributed by atoms with Gasteiger partial charge in [-0.15, -0.1) is 0 Å². The van der Waals surface area contributed by atoms with Crippen molar-refractivity contribution >= 4 is 20.4 Å². The fourth-order valence-corrected chi connectivity index (χ4v) is 2.52. The van der Waals surface area contributed by atoms with Crippen LogP contribution in [0, 0.1) is 5.92 Å². The van der Waals surface area contributed by atoms with Crippen molar-refractivity contribution in [1.29, 1.82) is 0 Å². The van der Waals surface area contributed by atoms with Crippen LogP contribution in [0.5, 0.6) is 0 Å². The van der Waals surface area contributed by atoms with E-state index in [0.717, 1.165) is 19.3 Å². The molecule has 136 valence electrons. The summed E-state index contributed by atoms with van der Waals surface area (Å²) in [6.07, 6.45) is 2.60. The summed E-state index contributed by atoms with van der Waals surface area (Å²) in [6, 6.07) is 0. The molecule has 0 unspecified atom stereocenters. The third-order valence-electron chi connectivity index (χ3n) is 4.05. The summed E-state index contributed by atoms with van der Waals surface area (Å²) in [5, 5.41) is 2.76. The fraction of sp³-hybridized carbons (Fsp3) is 0.882. The largest absolute Gasteiger partial charge is 0.519 e. The Labute approximate surface area is 142 Å². The highest BCUT2D eigenvalue weighted by molar-refractivity contribution is 6.75. The maximum atomic E-state index is 11.9. The molecule has 0 saturated carbocycles. The van der Waals surface area contributed by atoms with Crippen LogP contribution in [0.25, 0.3) is 0 Å². The van der Waals surface area contributed by atoms with E-state index in [-0.39, 0.29) is 17.1 Å². The second kappa shape index (κ2) is 9.95. The minimum Gasteiger partial charge on any atom is -0.519 e. The molecule has 0 radical (unpaired) electrons. The maximum absolute atomic E-state index is 11.9. The minimum atomic E-state index is -2.00. The molecule has 0 atom stereocenters. The number of hydrogen-bond donors (Lipinski definition) is 1. The molecule has 0 fully saturated rings. The molecule has 0 aliphatic heterocycles. The lowest BCUT2D eigenvalue weighted by molar-refractivity contribution is -0.135. The third-order valence-corrected chi connectivity index (χ3v) is 8.40. The molecular weight excluding hydrogens is 310 g/mol. The number of amides is 1. The van der Waals surface area contributed by atoms with Crippen molar-refractivity contribution in [3.8, 4) is 0 Å². The zero-order valence-electron chi connectivity index (χ0n) is 16.0. The van der Waals surface area contributed by atoms with E-state index in [1.807, 2.05) is 13.8 Å². The molecule has 0 bridgehead atoms. The van der Waals surface area contributed by atoms with Crippen molar-refractivity contribution in [3.05, 3.63) is 0 Å². The summed E-state index contributed by atoms with van der Waals surface area (Å²) in [4.78, 5) is 23.3. The molecule has 1 N–H and O–H groups in total. The Morgan fingerprint density at radius 2 is 1.70 bits per heavy atom. The van der Waals surface area contributed by atoms with E-state index in [1.54, 1.807) is 0 Å². The highest BCUT2D eigenvalue weighted by Crippen LogP contribution is 2.36. The van der Waals surface area contributed by atoms with E-state index in [1.165, 1.54) is 0 Å². The van der Waals surface area contributed by atoms with Crippen molar-refractivity contribution in [2.75, 3.05) is 13.2 Å². The first-order valence-electron chi connectivity index (χ1n) is 8.58. The van der Waals surface area contributed by atoms with Crippen LogP contribution < -0.4 is 5.32 Å². The van der Waals surface area contributed by atoms with Gasteiger partial charge in [0.05, 0.1) is 6.61 Å². The van der Waals surface area contributed by atoms with Crippen molar-refractivity contribution in [2.45, 2.75) is 78.4 Å². The first kappa shape index (κ1) is 22.0. The van der Waals surface area contributed by atoms with Crippen LogP contribution in [-0.2, 0) is 14.0 Å². The van der Waals surface area contributed by atoms with Gasteiger partial charge in [-0.25, -0.2) is 4.79 Å². The summed E-state index contributed by atoms with van der Waals surface area (Å²) in [6.45, 7) is 15.5. The molecule has 0 aliphatic rings. The fourth-order valence-electron chi connectivity index (χ4n) is 1.54. The molecule has 0 rings (SSSR count). The molecule has 0 aliphatic carbocycles. The van der Waals surface area contributed by atoms with E-state index in [9.17, 15) is 9.59 Å². The molecule has 5 nitrogen and oxygen atoms in total. The van der Waals surface area contributed by atoms with E-state index in [2.05, 4.69) is 39.2 Å². The molecule has 0 aromatic rings. The van der Waals surface area contributed by atoms with Gasteiger partial charge >= 0.3 is 6.09 Å². The second-order valence-electron chi connectivity index (χ2n) is 7.96. The van der Waals surface area contributed by atoms with Crippen LogP contribution in [0.1, 0.15) is 60.3 Å². The van der Waals surface area contributed by atoms with Crippen molar-refractivity contribution in [3.63, 3.8) is 0 Å². The molecule has 0 heterocycles. The summed E-state index contributed by atoms with van der Waals surface area (Å²) < 4.78 is 10.7. The number of ether oxygens (including phenoxy) is 1. The SMILES string of the molecule is CC(C)COC(=O)NCCCCCC(=O)O[Si](C)(C)C(C)(C)C. The zero-order valence-corrected chi connectivity index (χ0v) is 17.0. The first-order valence-corrected chi connectivity index (χ1v) is 11.5. The quantitative estimate of drug-likeness (QED) is 0.494. The summed E-state index contributed by atoms with van der Waals surface area (Å²) >= 11 is 0. The van der Waals surface area contributed by atoms with Crippen molar-refractivity contribution < 1.29 is 18.8 Å². The third kappa shape index (κ3) is 10.4. The smallest absolute Gasteiger partial charge is 0.407 e. The average molecular weight is 346 g/mol. The van der Waals surface area contributed by atoms with Gasteiger partial charge in [-0.1, -0.05) is 41.0 Å². The molecular formula is C17H35NO4Si. The minimum absolute atomic E-state index is 0.0446. The lowest BCUT2D eigenvalue weighted by Crippen LogP contribution is -2.42. The number of unbranched alkanes of at least 4 members (excludes halogenated alkanes) is 2. The normalized spacial score (nSPS) is 12.2. The Balaban J connectivity index is 3.73. The molecule has 0 saturated heterocycles. The van der Waals surface area contributed by atoms with Gasteiger partial charge in [0.25, 0.3) is 14.3 Å². The predicted molar refractivity (Wildman–Crippen MR) is 95.9 cm³/mol. The Kier molecular flexibility index (Phi) is 9.50. The first-order chi connectivity index (χ1) is 10.5. The van der Waals surface area contributed by atoms with E-state index in [4.69, 9.17) is 9.16 Å². The van der Waals surface area contributed by atoms with Gasteiger partial charge in [-0.3, -0.25) is 4.79 Å². The number of carbonyl (C=O) groups is 2. The van der Waals surface area contributed by atoms with Crippen LogP contribution in [0.4, 0.5) is 4.79 Å². The maximum Gasteiger partial charge on any atom is 0.407 e. The van der Waals surface area contributed by atoms with Gasteiger partial charge in [0, 0.05) is 13.0 Å². The van der Waals surface area contributed by atoms with Gasteiger partial charge in [0.2, 0.25) is 0 Å². The van der Waals surface area contributed by atoms with Crippen LogP contribution in [-0.4, -0.2) is 33.5 Å². The molecule has 0 aromatic carbocycles. The lowest BCUT2D eigenvalue weighted by atomic mass is 10.2. The van der Waals surface area contributed by atoms with Gasteiger partial charge in [0.1, 0.15) is 0 Å². The van der Waals surface area contributed by atoms with E-state index < -0.39 is 8.32 Å². The molecule has 23 heavy (non-hydrogen) atoms. The van der Waals surface area contributed by atoms with Gasteiger partial charge in [0.15, 0.2) is 0 Å². The lowest BCUT2D eigenvalue weighted by Gasteiger charge is -2.35. The molecule has 0 spiro atoms. The monoisotopic (exact) mass is 345 g/mol. The number of carbonyl (C=O) groups excluding carboxylic acids is 2. The Morgan fingerprint density at radius 3 is 2.22 bits per heavy atom. The summed E-state index contributed by atoms with van der Waals surface area (Å²) in [7, 11) is -2.00. The van der Waals surface area contributed by atoms with Crippen LogP contribution in [0.2, 0.25) is 18.1 Å². The number of nitrogens with one attached hydrogen (secondary N) is 1. The molecule has 1 amide bonds. The molecule has 0 aromatic heterocycles. The Hall–Kier alpha value is -1.04. The Bertz CT molecular complexity index is 375. The molecule has 6 heteroatoms.